The highest BCUT2D eigenvalue weighted by molar-refractivity contribution is 6.00. The Morgan fingerprint density at radius 3 is 2.57 bits per heavy atom. The van der Waals surface area contributed by atoms with Gasteiger partial charge in [0, 0.05) is 55.6 Å². The van der Waals surface area contributed by atoms with E-state index >= 15 is 0 Å². The lowest BCUT2D eigenvalue weighted by Crippen LogP contribution is -2.33. The van der Waals surface area contributed by atoms with Crippen LogP contribution in [0.4, 0.5) is 0 Å². The highest BCUT2D eigenvalue weighted by Gasteiger charge is 2.26. The van der Waals surface area contributed by atoms with Gasteiger partial charge in [-0.15, -0.1) is 0 Å². The van der Waals surface area contributed by atoms with Crippen molar-refractivity contribution in [3.63, 3.8) is 0 Å². The average molecular weight is 397 g/mol. The number of aromatic nitrogens is 4. The number of imidazole rings is 1. The fraction of sp³-hybridized carbons (Fsp3) is 0.208. The van der Waals surface area contributed by atoms with Crippen LogP contribution in [0.1, 0.15) is 21.6 Å². The Balaban J connectivity index is 1.43. The Morgan fingerprint density at radius 2 is 1.77 bits per heavy atom. The van der Waals surface area contributed by atoms with E-state index in [1.54, 1.807) is 12.4 Å². The Kier molecular flexibility index (Phi) is 4.67. The van der Waals surface area contributed by atoms with Crippen LogP contribution >= 0.6 is 0 Å². The fourth-order valence-electron chi connectivity index (χ4n) is 4.31. The third kappa shape index (κ3) is 3.20. The van der Waals surface area contributed by atoms with Crippen LogP contribution in [0.25, 0.3) is 22.6 Å². The molecule has 1 amide bonds. The monoisotopic (exact) mass is 397 g/mol. The van der Waals surface area contributed by atoms with Crippen LogP contribution in [0, 0.1) is 0 Å². The number of carbonyl (C=O) groups excluding carboxylic acids is 1. The summed E-state index contributed by atoms with van der Waals surface area (Å²) in [4.78, 5) is 22.8. The Bertz CT molecular complexity index is 1180. The number of aryl methyl sites for hydroxylation is 1. The van der Waals surface area contributed by atoms with E-state index in [0.29, 0.717) is 24.5 Å². The molecule has 5 rings (SSSR count). The summed E-state index contributed by atoms with van der Waals surface area (Å²) < 4.78 is 1.98. The van der Waals surface area contributed by atoms with E-state index in [4.69, 9.17) is 5.10 Å². The molecule has 2 aromatic heterocycles. The number of carbonyl (C=O) groups is 1. The molecule has 1 aliphatic rings. The first-order valence-electron chi connectivity index (χ1n) is 10.2. The molecule has 0 fully saturated rings. The van der Waals surface area contributed by atoms with Crippen LogP contribution in [0.2, 0.25) is 0 Å². The zero-order valence-electron chi connectivity index (χ0n) is 16.9. The molecule has 0 atom stereocenters. The number of H-pyrrole nitrogens is 1. The van der Waals surface area contributed by atoms with Crippen molar-refractivity contribution in [1.29, 1.82) is 0 Å². The first-order chi connectivity index (χ1) is 14.7. The summed E-state index contributed by atoms with van der Waals surface area (Å²) in [7, 11) is 2.00. The Labute approximate surface area is 175 Å². The molecule has 6 heteroatoms. The van der Waals surface area contributed by atoms with Crippen molar-refractivity contribution in [1.82, 2.24) is 24.6 Å². The molecule has 0 spiro atoms. The maximum atomic E-state index is 13.4. The average Bonchev–Trinajstić information content (AvgIpc) is 3.37. The van der Waals surface area contributed by atoms with E-state index in [2.05, 4.69) is 22.1 Å². The Hall–Kier alpha value is -3.67. The van der Waals surface area contributed by atoms with Crippen LogP contribution in [0.15, 0.2) is 67.0 Å². The molecule has 3 heterocycles. The van der Waals surface area contributed by atoms with Crippen molar-refractivity contribution in [2.45, 2.75) is 12.8 Å². The molecule has 1 aliphatic heterocycles. The lowest BCUT2D eigenvalue weighted by atomic mass is 10.0. The van der Waals surface area contributed by atoms with Crippen molar-refractivity contribution in [3.05, 3.63) is 83.8 Å². The molecule has 2 aromatic carbocycles. The fourth-order valence-corrected chi connectivity index (χ4v) is 4.31. The van der Waals surface area contributed by atoms with Gasteiger partial charge in [-0.1, -0.05) is 48.5 Å². The second kappa shape index (κ2) is 7.63. The van der Waals surface area contributed by atoms with E-state index < -0.39 is 0 Å². The molecule has 30 heavy (non-hydrogen) atoms. The van der Waals surface area contributed by atoms with Crippen molar-refractivity contribution in [2.75, 3.05) is 13.1 Å². The van der Waals surface area contributed by atoms with E-state index in [0.717, 1.165) is 35.4 Å². The number of nitrogens with one attached hydrogen (secondary N) is 1. The van der Waals surface area contributed by atoms with Gasteiger partial charge < -0.3 is 9.88 Å². The number of hydrogen-bond acceptors (Lipinski definition) is 3. The second-order valence-corrected chi connectivity index (χ2v) is 7.54. The van der Waals surface area contributed by atoms with E-state index in [1.807, 2.05) is 59.1 Å². The van der Waals surface area contributed by atoms with Crippen molar-refractivity contribution < 1.29 is 4.79 Å². The molecule has 0 unspecified atom stereocenters. The minimum atomic E-state index is 0.0396. The first kappa shape index (κ1) is 18.4. The number of aromatic amines is 1. The molecule has 4 aromatic rings. The summed E-state index contributed by atoms with van der Waals surface area (Å²) in [5.41, 5.74) is 6.16. The minimum absolute atomic E-state index is 0.0396. The molecule has 0 bridgehead atoms. The molecular formula is C24H23N5O. The van der Waals surface area contributed by atoms with Gasteiger partial charge in [-0.3, -0.25) is 9.48 Å². The molecule has 0 saturated carbocycles. The number of hydrogen-bond donors (Lipinski definition) is 1. The van der Waals surface area contributed by atoms with Crippen LogP contribution in [-0.2, 0) is 19.9 Å². The topological polar surface area (TPSA) is 66.8 Å². The second-order valence-electron chi connectivity index (χ2n) is 7.54. The third-order valence-corrected chi connectivity index (χ3v) is 5.72. The van der Waals surface area contributed by atoms with Gasteiger partial charge in [0.15, 0.2) is 0 Å². The molecule has 150 valence electrons. The summed E-state index contributed by atoms with van der Waals surface area (Å²) in [6, 6.07) is 18.0. The van der Waals surface area contributed by atoms with Crippen LogP contribution in [-0.4, -0.2) is 43.6 Å². The van der Waals surface area contributed by atoms with Crippen LogP contribution in [0.3, 0.4) is 0 Å². The van der Waals surface area contributed by atoms with Gasteiger partial charge in [0.1, 0.15) is 5.82 Å². The highest BCUT2D eigenvalue weighted by Crippen LogP contribution is 2.29. The lowest BCUT2D eigenvalue weighted by Gasteiger charge is -2.21. The van der Waals surface area contributed by atoms with E-state index in [9.17, 15) is 4.79 Å². The number of amides is 1. The summed E-state index contributed by atoms with van der Waals surface area (Å²) >= 11 is 0. The zero-order valence-corrected chi connectivity index (χ0v) is 16.9. The summed E-state index contributed by atoms with van der Waals surface area (Å²) in [5.74, 6) is 0.753. The van der Waals surface area contributed by atoms with Crippen molar-refractivity contribution in [3.8, 4) is 22.6 Å². The number of fused-ring (bicyclic) bond motifs is 1. The van der Waals surface area contributed by atoms with Crippen LogP contribution in [0.5, 0.6) is 0 Å². The maximum absolute atomic E-state index is 13.4. The molecule has 0 aliphatic carbocycles. The number of benzene rings is 2. The summed E-state index contributed by atoms with van der Waals surface area (Å²) in [5, 5.41) is 4.78. The van der Waals surface area contributed by atoms with Gasteiger partial charge in [0.2, 0.25) is 0 Å². The Morgan fingerprint density at radius 1 is 1.00 bits per heavy atom. The van der Waals surface area contributed by atoms with Gasteiger partial charge in [-0.25, -0.2) is 4.98 Å². The zero-order chi connectivity index (χ0) is 20.5. The van der Waals surface area contributed by atoms with Gasteiger partial charge in [-0.05, 0) is 12.5 Å². The molecule has 0 saturated heterocycles. The van der Waals surface area contributed by atoms with Gasteiger partial charge in [0.05, 0.1) is 17.0 Å². The maximum Gasteiger partial charge on any atom is 0.254 e. The first-order valence-corrected chi connectivity index (χ1v) is 10.2. The third-order valence-electron chi connectivity index (χ3n) is 5.72. The summed E-state index contributed by atoms with van der Waals surface area (Å²) in [6.45, 7) is 1.33. The van der Waals surface area contributed by atoms with Gasteiger partial charge in [0.25, 0.3) is 5.91 Å². The van der Waals surface area contributed by atoms with E-state index in [-0.39, 0.29) is 5.91 Å². The van der Waals surface area contributed by atoms with Crippen molar-refractivity contribution >= 4 is 5.91 Å². The standard InChI is InChI=1S/C24H23N5O/c1-28-22(17-7-3-2-4-8-17)20-11-15-29(16-12-21(20)27-28)24(30)19-10-6-5-9-18(19)23-25-13-14-26-23/h2-10,13-14H,11-12,15-16H2,1H3,(H,25,26). The van der Waals surface area contributed by atoms with E-state index in [1.165, 1.54) is 5.56 Å². The largest absolute Gasteiger partial charge is 0.345 e. The van der Waals surface area contributed by atoms with Crippen molar-refractivity contribution in [2.24, 2.45) is 7.05 Å². The smallest absolute Gasteiger partial charge is 0.254 e. The van der Waals surface area contributed by atoms with Crippen LogP contribution < -0.4 is 0 Å². The highest BCUT2D eigenvalue weighted by atomic mass is 16.2. The molecular weight excluding hydrogens is 374 g/mol. The quantitative estimate of drug-likeness (QED) is 0.573. The van der Waals surface area contributed by atoms with Gasteiger partial charge in [-0.2, -0.15) is 5.10 Å². The lowest BCUT2D eigenvalue weighted by molar-refractivity contribution is 0.0763. The number of nitrogens with zero attached hydrogens (tertiary/aromatic N) is 4. The summed E-state index contributed by atoms with van der Waals surface area (Å²) in [6.07, 6.45) is 5.03. The molecule has 6 nitrogen and oxygen atoms in total. The normalized spacial score (nSPS) is 13.7. The SMILES string of the molecule is Cn1nc2c(c1-c1ccccc1)CCN(C(=O)c1ccccc1-c1ncc[nH]1)CC2. The molecule has 0 radical (unpaired) electrons. The minimum Gasteiger partial charge on any atom is -0.345 e. The number of rotatable bonds is 3. The predicted octanol–water partition coefficient (Wildman–Crippen LogP) is 3.72. The predicted molar refractivity (Wildman–Crippen MR) is 116 cm³/mol. The van der Waals surface area contributed by atoms with Gasteiger partial charge >= 0.3 is 0 Å². The molecule has 1 N–H and O–H groups in total.